The van der Waals surface area contributed by atoms with Crippen molar-refractivity contribution in [3.05, 3.63) is 24.2 Å². The average Bonchev–Trinajstić information content (AvgIpc) is 3.58. The molecule has 1 saturated carbocycles. The van der Waals surface area contributed by atoms with E-state index < -0.39 is 0 Å². The predicted octanol–water partition coefficient (Wildman–Crippen LogP) is 2.63. The van der Waals surface area contributed by atoms with Crippen LogP contribution in [0.5, 0.6) is 0 Å². The number of nitrogens with one attached hydrogen (secondary N) is 2. The van der Waals surface area contributed by atoms with E-state index in [-0.39, 0.29) is 12.0 Å². The van der Waals surface area contributed by atoms with Crippen molar-refractivity contribution in [2.24, 2.45) is 10.9 Å². The third-order valence-corrected chi connectivity index (χ3v) is 7.15. The van der Waals surface area contributed by atoms with Gasteiger partial charge in [0.15, 0.2) is 5.96 Å². The molecule has 2 unspecified atom stereocenters. The van der Waals surface area contributed by atoms with Crippen LogP contribution in [0, 0.1) is 5.92 Å². The molecule has 2 N–H and O–H groups in total. The summed E-state index contributed by atoms with van der Waals surface area (Å²) in [5, 5.41) is 7.12. The van der Waals surface area contributed by atoms with Gasteiger partial charge in [-0.05, 0) is 57.3 Å². The van der Waals surface area contributed by atoms with Crippen molar-refractivity contribution in [2.75, 3.05) is 39.3 Å². The van der Waals surface area contributed by atoms with E-state index in [1.54, 1.807) is 6.26 Å². The van der Waals surface area contributed by atoms with Crippen LogP contribution in [0.4, 0.5) is 0 Å². The molecule has 0 spiro atoms. The zero-order chi connectivity index (χ0) is 21.5. The second kappa shape index (κ2) is 11.0. The molecule has 4 rings (SSSR count). The summed E-state index contributed by atoms with van der Waals surface area (Å²) in [5.74, 6) is 2.49. The number of hydrogen-bond acceptors (Lipinski definition) is 4. The van der Waals surface area contributed by atoms with Crippen molar-refractivity contribution in [3.63, 3.8) is 0 Å². The summed E-state index contributed by atoms with van der Waals surface area (Å²) in [6.07, 6.45) is 10.6. The standard InChI is InChI=1S/C24H39N5O2/c1-2-28-14-5-9-21(28)17-26-24(25-13-11-22-10-6-16-31-22)27-20-12-15-29(18-20)23(30)19-7-3-4-8-19/h6,10,16,19-21H,2-5,7-9,11-15,17-18H2,1H3,(H2,25,26,27). The van der Waals surface area contributed by atoms with Crippen LogP contribution in [0.3, 0.4) is 0 Å². The smallest absolute Gasteiger partial charge is 0.225 e. The fourth-order valence-electron chi connectivity index (χ4n) is 5.33. The largest absolute Gasteiger partial charge is 0.469 e. The Morgan fingerprint density at radius 1 is 1.19 bits per heavy atom. The van der Waals surface area contributed by atoms with Crippen molar-refractivity contribution < 1.29 is 9.21 Å². The SMILES string of the molecule is CCN1CCCC1CN=C(NCCc1ccco1)NC1CCN(C(=O)C2CCCC2)C1. The number of furan rings is 1. The lowest BCUT2D eigenvalue weighted by Gasteiger charge is -2.23. The summed E-state index contributed by atoms with van der Waals surface area (Å²) >= 11 is 0. The van der Waals surface area contributed by atoms with Crippen LogP contribution in [0.15, 0.2) is 27.8 Å². The molecule has 3 aliphatic rings. The molecule has 172 valence electrons. The summed E-state index contributed by atoms with van der Waals surface area (Å²) < 4.78 is 5.46. The molecule has 3 heterocycles. The molecular formula is C24H39N5O2. The van der Waals surface area contributed by atoms with Gasteiger partial charge in [0.2, 0.25) is 5.91 Å². The first-order valence-corrected chi connectivity index (χ1v) is 12.3. The molecule has 1 aromatic rings. The van der Waals surface area contributed by atoms with E-state index in [1.807, 2.05) is 12.1 Å². The lowest BCUT2D eigenvalue weighted by Crippen LogP contribution is -2.46. The van der Waals surface area contributed by atoms with Gasteiger partial charge in [-0.2, -0.15) is 0 Å². The van der Waals surface area contributed by atoms with Gasteiger partial charge < -0.3 is 20.0 Å². The van der Waals surface area contributed by atoms with Gasteiger partial charge >= 0.3 is 0 Å². The first kappa shape index (κ1) is 22.2. The predicted molar refractivity (Wildman–Crippen MR) is 123 cm³/mol. The molecular weight excluding hydrogens is 390 g/mol. The number of aliphatic imine (C=N–C) groups is 1. The maximum absolute atomic E-state index is 12.8. The lowest BCUT2D eigenvalue weighted by atomic mass is 10.1. The van der Waals surface area contributed by atoms with Crippen LogP contribution in [-0.2, 0) is 11.2 Å². The first-order valence-electron chi connectivity index (χ1n) is 12.3. The summed E-state index contributed by atoms with van der Waals surface area (Å²) in [4.78, 5) is 22.3. The third-order valence-electron chi connectivity index (χ3n) is 7.15. The highest BCUT2D eigenvalue weighted by molar-refractivity contribution is 5.81. The number of nitrogens with zero attached hydrogens (tertiary/aromatic N) is 3. The van der Waals surface area contributed by atoms with Crippen molar-refractivity contribution in [2.45, 2.75) is 70.4 Å². The van der Waals surface area contributed by atoms with Crippen LogP contribution < -0.4 is 10.6 Å². The Bertz CT molecular complexity index is 714. The van der Waals surface area contributed by atoms with Crippen LogP contribution in [0.25, 0.3) is 0 Å². The molecule has 0 aromatic carbocycles. The molecule has 1 amide bonds. The molecule has 2 atom stereocenters. The monoisotopic (exact) mass is 429 g/mol. The highest BCUT2D eigenvalue weighted by atomic mass is 16.3. The highest BCUT2D eigenvalue weighted by Crippen LogP contribution is 2.27. The Balaban J connectivity index is 1.31. The molecule has 2 aliphatic heterocycles. The van der Waals surface area contributed by atoms with E-state index in [0.29, 0.717) is 11.9 Å². The Morgan fingerprint density at radius 3 is 2.84 bits per heavy atom. The van der Waals surface area contributed by atoms with Crippen molar-refractivity contribution in [3.8, 4) is 0 Å². The molecule has 7 nitrogen and oxygen atoms in total. The zero-order valence-electron chi connectivity index (χ0n) is 19.0. The number of likely N-dealkylation sites (tertiary alicyclic amines) is 2. The van der Waals surface area contributed by atoms with E-state index in [1.165, 1.54) is 32.2 Å². The van der Waals surface area contributed by atoms with Gasteiger partial charge in [0, 0.05) is 44.1 Å². The fourth-order valence-corrected chi connectivity index (χ4v) is 5.33. The summed E-state index contributed by atoms with van der Waals surface area (Å²) in [6.45, 7) is 7.76. The maximum atomic E-state index is 12.8. The molecule has 3 fully saturated rings. The minimum atomic E-state index is 0.265. The number of carbonyl (C=O) groups excluding carboxylic acids is 1. The fraction of sp³-hybridized carbons (Fsp3) is 0.750. The number of hydrogen-bond donors (Lipinski definition) is 2. The van der Waals surface area contributed by atoms with Crippen molar-refractivity contribution in [1.82, 2.24) is 20.4 Å². The topological polar surface area (TPSA) is 73.1 Å². The summed E-state index contributed by atoms with van der Waals surface area (Å²) in [6, 6.07) is 4.74. The summed E-state index contributed by atoms with van der Waals surface area (Å²) in [7, 11) is 0. The van der Waals surface area contributed by atoms with E-state index in [0.717, 1.165) is 70.1 Å². The average molecular weight is 430 g/mol. The van der Waals surface area contributed by atoms with Gasteiger partial charge in [-0.1, -0.05) is 19.8 Å². The Morgan fingerprint density at radius 2 is 2.06 bits per heavy atom. The quantitative estimate of drug-likeness (QED) is 0.491. The third kappa shape index (κ3) is 6.03. The van der Waals surface area contributed by atoms with Crippen LogP contribution >= 0.6 is 0 Å². The molecule has 0 bridgehead atoms. The molecule has 1 aliphatic carbocycles. The molecule has 7 heteroatoms. The van der Waals surface area contributed by atoms with Crippen molar-refractivity contribution >= 4 is 11.9 Å². The van der Waals surface area contributed by atoms with Crippen LogP contribution in [0.1, 0.15) is 57.6 Å². The number of guanidine groups is 1. The highest BCUT2D eigenvalue weighted by Gasteiger charge is 2.32. The zero-order valence-corrected chi connectivity index (χ0v) is 19.0. The van der Waals surface area contributed by atoms with Gasteiger partial charge in [-0.25, -0.2) is 0 Å². The normalized spacial score (nSPS) is 25.5. The van der Waals surface area contributed by atoms with Gasteiger partial charge in [-0.15, -0.1) is 0 Å². The number of likely N-dealkylation sites (N-methyl/N-ethyl adjacent to an activating group) is 1. The van der Waals surface area contributed by atoms with Crippen LogP contribution in [0.2, 0.25) is 0 Å². The second-order valence-electron chi connectivity index (χ2n) is 9.27. The van der Waals surface area contributed by atoms with Gasteiger partial charge in [0.1, 0.15) is 5.76 Å². The molecule has 31 heavy (non-hydrogen) atoms. The maximum Gasteiger partial charge on any atom is 0.225 e. The Hall–Kier alpha value is -2.02. The summed E-state index contributed by atoms with van der Waals surface area (Å²) in [5.41, 5.74) is 0. The number of carbonyl (C=O) groups is 1. The van der Waals surface area contributed by atoms with Gasteiger partial charge in [0.05, 0.1) is 12.8 Å². The van der Waals surface area contributed by atoms with Crippen LogP contribution in [-0.4, -0.2) is 73.0 Å². The van der Waals surface area contributed by atoms with Crippen molar-refractivity contribution in [1.29, 1.82) is 0 Å². The first-order chi connectivity index (χ1) is 15.2. The Labute approximate surface area is 186 Å². The molecule has 2 saturated heterocycles. The Kier molecular flexibility index (Phi) is 7.89. The molecule has 0 radical (unpaired) electrons. The van der Waals surface area contributed by atoms with E-state index in [2.05, 4.69) is 27.4 Å². The number of rotatable bonds is 8. The second-order valence-corrected chi connectivity index (χ2v) is 9.27. The van der Waals surface area contributed by atoms with Gasteiger partial charge in [0.25, 0.3) is 0 Å². The lowest BCUT2D eigenvalue weighted by molar-refractivity contribution is -0.134. The van der Waals surface area contributed by atoms with E-state index in [9.17, 15) is 4.79 Å². The minimum Gasteiger partial charge on any atom is -0.469 e. The van der Waals surface area contributed by atoms with E-state index >= 15 is 0 Å². The minimum absolute atomic E-state index is 0.265. The van der Waals surface area contributed by atoms with E-state index in [4.69, 9.17) is 9.41 Å². The molecule has 1 aromatic heterocycles. The van der Waals surface area contributed by atoms with Gasteiger partial charge in [-0.3, -0.25) is 14.7 Å². The number of amides is 1.